The molecule has 0 aliphatic rings. The normalized spacial score (nSPS) is 9.89. The standard InChI is InChI=1S/C12H15N3O3S/c13-10(16)7-18-5-4-15-12(17)9-3-1-2-8(6-9)11(14)19/h1-3,6H,4-5,7H2,(H2,13,16)(H2,14,19)(H,15,17). The van der Waals surface area contributed by atoms with E-state index in [2.05, 4.69) is 5.32 Å². The summed E-state index contributed by atoms with van der Waals surface area (Å²) < 4.78 is 4.91. The van der Waals surface area contributed by atoms with Crippen molar-refractivity contribution in [2.45, 2.75) is 0 Å². The van der Waals surface area contributed by atoms with Gasteiger partial charge in [0.15, 0.2) is 0 Å². The monoisotopic (exact) mass is 281 g/mol. The number of thiocarbonyl (C=S) groups is 1. The number of hydrogen-bond donors (Lipinski definition) is 3. The number of carbonyl (C=O) groups excluding carboxylic acids is 2. The Balaban J connectivity index is 2.43. The van der Waals surface area contributed by atoms with E-state index in [-0.39, 0.29) is 30.7 Å². The first-order valence-electron chi connectivity index (χ1n) is 5.55. The first kappa shape index (κ1) is 15.1. The van der Waals surface area contributed by atoms with Gasteiger partial charge in [-0.1, -0.05) is 24.4 Å². The molecule has 0 fully saturated rings. The molecule has 7 heteroatoms. The highest BCUT2D eigenvalue weighted by Gasteiger charge is 2.06. The minimum Gasteiger partial charge on any atom is -0.389 e. The Morgan fingerprint density at radius 2 is 1.95 bits per heavy atom. The predicted molar refractivity (Wildman–Crippen MR) is 74.7 cm³/mol. The van der Waals surface area contributed by atoms with Crippen LogP contribution in [0.2, 0.25) is 0 Å². The van der Waals surface area contributed by atoms with E-state index in [1.165, 1.54) is 0 Å². The Morgan fingerprint density at radius 1 is 1.26 bits per heavy atom. The highest BCUT2D eigenvalue weighted by molar-refractivity contribution is 7.80. The zero-order chi connectivity index (χ0) is 14.3. The summed E-state index contributed by atoms with van der Waals surface area (Å²) in [6, 6.07) is 6.70. The average Bonchev–Trinajstić information content (AvgIpc) is 2.37. The molecule has 0 spiro atoms. The number of rotatable bonds is 7. The molecule has 0 radical (unpaired) electrons. The SMILES string of the molecule is NC(=O)COCCNC(=O)c1cccc(C(N)=S)c1. The van der Waals surface area contributed by atoms with Crippen LogP contribution in [-0.4, -0.2) is 36.6 Å². The van der Waals surface area contributed by atoms with Crippen LogP contribution in [0.3, 0.4) is 0 Å². The van der Waals surface area contributed by atoms with Gasteiger partial charge in [0.1, 0.15) is 11.6 Å². The van der Waals surface area contributed by atoms with Crippen molar-refractivity contribution < 1.29 is 14.3 Å². The molecule has 0 aliphatic carbocycles. The summed E-state index contributed by atoms with van der Waals surface area (Å²) in [4.78, 5) is 22.4. The van der Waals surface area contributed by atoms with E-state index in [0.717, 1.165) is 0 Å². The second kappa shape index (κ2) is 7.45. The molecular formula is C12H15N3O3S. The molecule has 0 atom stereocenters. The van der Waals surface area contributed by atoms with Crippen molar-refractivity contribution in [2.24, 2.45) is 11.5 Å². The molecule has 0 unspecified atom stereocenters. The number of benzene rings is 1. The number of ether oxygens (including phenoxy) is 1. The molecule has 0 saturated heterocycles. The lowest BCUT2D eigenvalue weighted by atomic mass is 10.1. The van der Waals surface area contributed by atoms with Gasteiger partial charge in [-0.3, -0.25) is 9.59 Å². The van der Waals surface area contributed by atoms with Crippen molar-refractivity contribution in [3.63, 3.8) is 0 Å². The summed E-state index contributed by atoms with van der Waals surface area (Å²) in [6.45, 7) is 0.333. The third kappa shape index (κ3) is 5.45. The van der Waals surface area contributed by atoms with Crippen LogP contribution >= 0.6 is 12.2 Å². The minimum absolute atomic E-state index is 0.160. The predicted octanol–water partition coefficient (Wildman–Crippen LogP) is -0.447. The Morgan fingerprint density at radius 3 is 2.58 bits per heavy atom. The van der Waals surface area contributed by atoms with Gasteiger partial charge in [0.25, 0.3) is 5.91 Å². The maximum Gasteiger partial charge on any atom is 0.251 e. The van der Waals surface area contributed by atoms with Crippen molar-refractivity contribution in [1.29, 1.82) is 0 Å². The molecule has 6 nitrogen and oxygen atoms in total. The fourth-order valence-corrected chi connectivity index (χ4v) is 1.45. The number of amides is 2. The van der Waals surface area contributed by atoms with Crippen LogP contribution in [0, 0.1) is 0 Å². The number of carbonyl (C=O) groups is 2. The molecule has 5 N–H and O–H groups in total. The number of hydrogen-bond acceptors (Lipinski definition) is 4. The van der Waals surface area contributed by atoms with E-state index >= 15 is 0 Å². The Hall–Kier alpha value is -1.99. The maximum atomic E-state index is 11.8. The highest BCUT2D eigenvalue weighted by atomic mass is 32.1. The summed E-state index contributed by atoms with van der Waals surface area (Å²) in [5.74, 6) is -0.809. The van der Waals surface area contributed by atoms with Gasteiger partial charge in [-0.2, -0.15) is 0 Å². The molecular weight excluding hydrogens is 266 g/mol. The van der Waals surface area contributed by atoms with Crippen molar-refractivity contribution in [1.82, 2.24) is 5.32 Å². The molecule has 0 saturated carbocycles. The van der Waals surface area contributed by atoms with Gasteiger partial charge < -0.3 is 21.5 Å². The molecule has 0 aliphatic heterocycles. The average molecular weight is 281 g/mol. The zero-order valence-electron chi connectivity index (χ0n) is 10.2. The Labute approximate surface area is 116 Å². The minimum atomic E-state index is -0.546. The van der Waals surface area contributed by atoms with Crippen molar-refractivity contribution in [3.05, 3.63) is 35.4 Å². The Kier molecular flexibility index (Phi) is 5.91. The third-order valence-corrected chi connectivity index (χ3v) is 2.42. The van der Waals surface area contributed by atoms with Crippen LogP contribution in [0.25, 0.3) is 0 Å². The summed E-state index contributed by atoms with van der Waals surface area (Å²) in [5, 5.41) is 2.64. The lowest BCUT2D eigenvalue weighted by molar-refractivity contribution is -0.122. The van der Waals surface area contributed by atoms with E-state index in [0.29, 0.717) is 11.1 Å². The highest BCUT2D eigenvalue weighted by Crippen LogP contribution is 2.05. The molecule has 0 bridgehead atoms. The molecule has 0 heterocycles. The van der Waals surface area contributed by atoms with Crippen LogP contribution in [-0.2, 0) is 9.53 Å². The first-order valence-corrected chi connectivity index (χ1v) is 5.95. The number of nitrogens with two attached hydrogens (primary N) is 2. The molecule has 19 heavy (non-hydrogen) atoms. The molecule has 0 aromatic heterocycles. The third-order valence-electron chi connectivity index (χ3n) is 2.19. The lowest BCUT2D eigenvalue weighted by Gasteiger charge is -2.06. The molecule has 1 aromatic carbocycles. The van der Waals surface area contributed by atoms with Crippen LogP contribution in [0.1, 0.15) is 15.9 Å². The molecule has 2 amide bonds. The molecule has 1 rings (SSSR count). The molecule has 102 valence electrons. The van der Waals surface area contributed by atoms with E-state index in [9.17, 15) is 9.59 Å². The summed E-state index contributed by atoms with van der Waals surface area (Å²) in [6.07, 6.45) is 0. The van der Waals surface area contributed by atoms with Crippen LogP contribution < -0.4 is 16.8 Å². The summed E-state index contributed by atoms with van der Waals surface area (Å²) >= 11 is 4.84. The quantitative estimate of drug-likeness (QED) is 0.463. The van der Waals surface area contributed by atoms with Crippen LogP contribution in [0.4, 0.5) is 0 Å². The van der Waals surface area contributed by atoms with E-state index in [1.807, 2.05) is 0 Å². The fraction of sp³-hybridized carbons (Fsp3) is 0.250. The maximum absolute atomic E-state index is 11.8. The fourth-order valence-electron chi connectivity index (χ4n) is 1.33. The smallest absolute Gasteiger partial charge is 0.251 e. The summed E-state index contributed by atoms with van der Waals surface area (Å²) in [5.41, 5.74) is 11.5. The van der Waals surface area contributed by atoms with Gasteiger partial charge in [-0.25, -0.2) is 0 Å². The largest absolute Gasteiger partial charge is 0.389 e. The lowest BCUT2D eigenvalue weighted by Crippen LogP contribution is -2.29. The van der Waals surface area contributed by atoms with Crippen molar-refractivity contribution in [2.75, 3.05) is 19.8 Å². The van der Waals surface area contributed by atoms with Gasteiger partial charge in [-0.15, -0.1) is 0 Å². The van der Waals surface area contributed by atoms with E-state index in [1.54, 1.807) is 24.3 Å². The van der Waals surface area contributed by atoms with Gasteiger partial charge in [0, 0.05) is 17.7 Å². The van der Waals surface area contributed by atoms with Crippen LogP contribution in [0.5, 0.6) is 0 Å². The van der Waals surface area contributed by atoms with Gasteiger partial charge in [0.2, 0.25) is 5.91 Å². The van der Waals surface area contributed by atoms with Crippen molar-refractivity contribution >= 4 is 29.0 Å². The van der Waals surface area contributed by atoms with Gasteiger partial charge >= 0.3 is 0 Å². The van der Waals surface area contributed by atoms with Crippen molar-refractivity contribution in [3.8, 4) is 0 Å². The first-order chi connectivity index (χ1) is 9.00. The Bertz CT molecular complexity index is 491. The number of nitrogens with one attached hydrogen (secondary N) is 1. The van der Waals surface area contributed by atoms with Gasteiger partial charge in [0.05, 0.1) is 6.61 Å². The topological polar surface area (TPSA) is 107 Å². The number of primary amides is 1. The van der Waals surface area contributed by atoms with Crippen LogP contribution in [0.15, 0.2) is 24.3 Å². The second-order valence-corrected chi connectivity index (χ2v) is 4.16. The summed E-state index contributed by atoms with van der Waals surface area (Å²) in [7, 11) is 0. The van der Waals surface area contributed by atoms with E-state index in [4.69, 9.17) is 28.4 Å². The molecule has 1 aromatic rings. The second-order valence-electron chi connectivity index (χ2n) is 3.72. The zero-order valence-corrected chi connectivity index (χ0v) is 11.0. The van der Waals surface area contributed by atoms with E-state index < -0.39 is 5.91 Å². The van der Waals surface area contributed by atoms with Gasteiger partial charge in [-0.05, 0) is 12.1 Å².